The van der Waals surface area contributed by atoms with Gasteiger partial charge in [-0.25, -0.2) is 8.42 Å². The Morgan fingerprint density at radius 1 is 1.24 bits per heavy atom. The number of aryl methyl sites for hydroxylation is 2. The van der Waals surface area contributed by atoms with Crippen LogP contribution in [0.25, 0.3) is 0 Å². The van der Waals surface area contributed by atoms with Crippen molar-refractivity contribution >= 4 is 15.7 Å². The van der Waals surface area contributed by atoms with E-state index in [-0.39, 0.29) is 12.1 Å². The molecule has 0 aliphatic carbocycles. The molecule has 21 heavy (non-hydrogen) atoms. The number of hydrogen-bond donors (Lipinski definition) is 1. The van der Waals surface area contributed by atoms with E-state index in [2.05, 4.69) is 5.32 Å². The number of nitrogens with zero attached hydrogens (tertiary/aromatic N) is 1. The summed E-state index contributed by atoms with van der Waals surface area (Å²) in [5.41, 5.74) is 2.46. The fourth-order valence-electron chi connectivity index (χ4n) is 2.83. The molecule has 0 radical (unpaired) electrons. The summed E-state index contributed by atoms with van der Waals surface area (Å²) in [5, 5.41) is 3.05. The molecule has 0 spiro atoms. The predicted octanol–water partition coefficient (Wildman–Crippen LogP) is 2.14. The van der Waals surface area contributed by atoms with Crippen LogP contribution < -0.4 is 5.32 Å². The zero-order valence-corrected chi connectivity index (χ0v) is 14.1. The van der Waals surface area contributed by atoms with Crippen LogP contribution in [0.1, 0.15) is 25.0 Å². The van der Waals surface area contributed by atoms with Crippen molar-refractivity contribution < 1.29 is 13.2 Å². The molecule has 2 unspecified atom stereocenters. The molecule has 1 aliphatic rings. The normalized spacial score (nSPS) is 24.0. The van der Waals surface area contributed by atoms with E-state index in [1.54, 1.807) is 4.31 Å². The van der Waals surface area contributed by atoms with Gasteiger partial charge < -0.3 is 10.1 Å². The van der Waals surface area contributed by atoms with Crippen LogP contribution in [0.2, 0.25) is 0 Å². The first-order valence-corrected chi connectivity index (χ1v) is 8.63. The lowest BCUT2D eigenvalue weighted by Gasteiger charge is -2.36. The van der Waals surface area contributed by atoms with Crippen LogP contribution in [0, 0.1) is 13.8 Å². The molecule has 2 rings (SSSR count). The van der Waals surface area contributed by atoms with Crippen LogP contribution in [0.15, 0.2) is 17.0 Å². The summed E-state index contributed by atoms with van der Waals surface area (Å²) in [4.78, 5) is 0.419. The topological polar surface area (TPSA) is 58.6 Å². The van der Waals surface area contributed by atoms with Gasteiger partial charge in [0.15, 0.2) is 0 Å². The average Bonchev–Trinajstić information content (AvgIpc) is 2.40. The van der Waals surface area contributed by atoms with Crippen molar-refractivity contribution in [2.45, 2.75) is 44.7 Å². The Bertz CT molecular complexity index is 605. The van der Waals surface area contributed by atoms with Crippen molar-refractivity contribution in [2.75, 3.05) is 25.5 Å². The lowest BCUT2D eigenvalue weighted by Crippen LogP contribution is -2.50. The van der Waals surface area contributed by atoms with Gasteiger partial charge in [0.05, 0.1) is 17.6 Å². The minimum atomic E-state index is -3.50. The highest BCUT2D eigenvalue weighted by Crippen LogP contribution is 2.29. The second-order valence-corrected chi connectivity index (χ2v) is 7.58. The van der Waals surface area contributed by atoms with E-state index in [1.807, 2.05) is 46.9 Å². The number of sulfonamides is 1. The largest absolute Gasteiger partial charge is 0.388 e. The van der Waals surface area contributed by atoms with Crippen molar-refractivity contribution in [3.05, 3.63) is 23.3 Å². The predicted molar refractivity (Wildman–Crippen MR) is 84.2 cm³/mol. The molecule has 118 valence electrons. The maximum Gasteiger partial charge on any atom is 0.244 e. The maximum atomic E-state index is 13.0. The van der Waals surface area contributed by atoms with E-state index < -0.39 is 10.0 Å². The van der Waals surface area contributed by atoms with Gasteiger partial charge >= 0.3 is 0 Å². The van der Waals surface area contributed by atoms with Crippen LogP contribution in [-0.2, 0) is 14.8 Å². The molecule has 1 aromatic rings. The van der Waals surface area contributed by atoms with Gasteiger partial charge in [0, 0.05) is 25.3 Å². The molecule has 0 amide bonds. The number of anilines is 1. The summed E-state index contributed by atoms with van der Waals surface area (Å²) in [5.74, 6) is 0. The third kappa shape index (κ3) is 3.07. The number of rotatable bonds is 3. The minimum absolute atomic E-state index is 0.0758. The van der Waals surface area contributed by atoms with Crippen LogP contribution in [0.5, 0.6) is 0 Å². The molecular formula is C15H24N2O3S. The number of hydrogen-bond acceptors (Lipinski definition) is 4. The Morgan fingerprint density at radius 3 is 2.33 bits per heavy atom. The second-order valence-electron chi connectivity index (χ2n) is 5.76. The fraction of sp³-hybridized carbons (Fsp3) is 0.600. The molecule has 1 aromatic carbocycles. The number of benzene rings is 1. The summed E-state index contributed by atoms with van der Waals surface area (Å²) in [6.07, 6.45) is -0.0758. The highest BCUT2D eigenvalue weighted by molar-refractivity contribution is 7.89. The Labute approximate surface area is 127 Å². The lowest BCUT2D eigenvalue weighted by molar-refractivity contribution is -0.0170. The summed E-state index contributed by atoms with van der Waals surface area (Å²) in [7, 11) is -1.68. The Balaban J connectivity index is 2.49. The molecule has 0 bridgehead atoms. The molecule has 6 heteroatoms. The highest BCUT2D eigenvalue weighted by Gasteiger charge is 2.35. The van der Waals surface area contributed by atoms with Crippen LogP contribution in [0.4, 0.5) is 5.69 Å². The van der Waals surface area contributed by atoms with Crippen LogP contribution >= 0.6 is 0 Å². The number of morpholine rings is 1. The third-order valence-electron chi connectivity index (χ3n) is 3.87. The van der Waals surface area contributed by atoms with E-state index >= 15 is 0 Å². The smallest absolute Gasteiger partial charge is 0.244 e. The molecule has 0 aromatic heterocycles. The first-order chi connectivity index (χ1) is 9.77. The number of ether oxygens (including phenoxy) is 1. The van der Waals surface area contributed by atoms with E-state index in [9.17, 15) is 8.42 Å². The summed E-state index contributed by atoms with van der Waals surface area (Å²) in [6, 6.07) is 3.59. The quantitative estimate of drug-likeness (QED) is 0.929. The van der Waals surface area contributed by atoms with Gasteiger partial charge in [0.25, 0.3) is 0 Å². The molecule has 1 heterocycles. The van der Waals surface area contributed by atoms with Crippen molar-refractivity contribution in [3.63, 3.8) is 0 Å². The molecule has 2 atom stereocenters. The monoisotopic (exact) mass is 312 g/mol. The minimum Gasteiger partial charge on any atom is -0.388 e. The Morgan fingerprint density at radius 2 is 1.81 bits per heavy atom. The fourth-order valence-corrected chi connectivity index (χ4v) is 4.93. The third-order valence-corrected chi connectivity index (χ3v) is 6.15. The first-order valence-electron chi connectivity index (χ1n) is 7.19. The van der Waals surface area contributed by atoms with Crippen molar-refractivity contribution in [1.29, 1.82) is 0 Å². The van der Waals surface area contributed by atoms with Crippen molar-refractivity contribution in [2.24, 2.45) is 0 Å². The van der Waals surface area contributed by atoms with E-state index in [0.29, 0.717) is 18.0 Å². The van der Waals surface area contributed by atoms with E-state index in [1.165, 1.54) is 0 Å². The number of nitrogens with one attached hydrogen (secondary N) is 1. The second kappa shape index (κ2) is 5.94. The van der Waals surface area contributed by atoms with E-state index in [0.717, 1.165) is 16.8 Å². The maximum absolute atomic E-state index is 13.0. The SMILES string of the molecule is CNc1cc(C)c(S(=O)(=O)N2CC(C)OCC2C)c(C)c1. The molecular weight excluding hydrogens is 288 g/mol. The van der Waals surface area contributed by atoms with Crippen molar-refractivity contribution in [3.8, 4) is 0 Å². The Hall–Kier alpha value is -1.11. The standard InChI is InChI=1S/C15H24N2O3S/c1-10-6-14(16-5)7-11(2)15(10)21(18,19)17-8-13(4)20-9-12(17)3/h6-7,12-13,16H,8-9H2,1-5H3. The molecule has 1 N–H and O–H groups in total. The van der Waals surface area contributed by atoms with Gasteiger partial charge in [-0.1, -0.05) is 0 Å². The molecule has 1 fully saturated rings. The first kappa shape index (κ1) is 16.3. The van der Waals surface area contributed by atoms with Gasteiger partial charge in [-0.3, -0.25) is 0 Å². The zero-order chi connectivity index (χ0) is 15.8. The summed E-state index contributed by atoms with van der Waals surface area (Å²) >= 11 is 0. The van der Waals surface area contributed by atoms with Crippen LogP contribution in [-0.4, -0.2) is 45.1 Å². The van der Waals surface area contributed by atoms with Gasteiger partial charge in [-0.2, -0.15) is 4.31 Å². The highest BCUT2D eigenvalue weighted by atomic mass is 32.2. The summed E-state index contributed by atoms with van der Waals surface area (Å²) < 4.78 is 33.2. The lowest BCUT2D eigenvalue weighted by atomic mass is 10.1. The Kier molecular flexibility index (Phi) is 4.60. The van der Waals surface area contributed by atoms with Gasteiger partial charge in [-0.15, -0.1) is 0 Å². The summed E-state index contributed by atoms with van der Waals surface area (Å²) in [6.45, 7) is 8.31. The molecule has 1 saturated heterocycles. The van der Waals surface area contributed by atoms with Gasteiger partial charge in [0.2, 0.25) is 10.0 Å². The van der Waals surface area contributed by atoms with Crippen molar-refractivity contribution in [1.82, 2.24) is 4.31 Å². The zero-order valence-electron chi connectivity index (χ0n) is 13.3. The molecule has 1 aliphatic heterocycles. The molecule has 0 saturated carbocycles. The van der Waals surface area contributed by atoms with Crippen LogP contribution in [0.3, 0.4) is 0 Å². The molecule has 5 nitrogen and oxygen atoms in total. The van der Waals surface area contributed by atoms with Gasteiger partial charge in [-0.05, 0) is 51.0 Å². The van der Waals surface area contributed by atoms with E-state index in [4.69, 9.17) is 4.74 Å². The average molecular weight is 312 g/mol. The van der Waals surface area contributed by atoms with Gasteiger partial charge in [0.1, 0.15) is 0 Å².